The third-order valence-corrected chi connectivity index (χ3v) is 9.39. The lowest BCUT2D eigenvalue weighted by Gasteiger charge is -2.26. The van der Waals surface area contributed by atoms with Gasteiger partial charge < -0.3 is 4.90 Å². The van der Waals surface area contributed by atoms with Crippen molar-refractivity contribution in [1.82, 2.24) is 0 Å². The van der Waals surface area contributed by atoms with E-state index in [1.54, 1.807) is 0 Å². The van der Waals surface area contributed by atoms with Crippen LogP contribution < -0.4 is 4.90 Å². The molecule has 0 radical (unpaired) electrons. The second kappa shape index (κ2) is 11.3. The maximum absolute atomic E-state index is 2.37. The Morgan fingerprint density at radius 3 is 1.36 bits per heavy atom. The van der Waals surface area contributed by atoms with Crippen LogP contribution in [0.3, 0.4) is 0 Å². The summed E-state index contributed by atoms with van der Waals surface area (Å²) >= 11 is 0. The van der Waals surface area contributed by atoms with Gasteiger partial charge in [0.25, 0.3) is 0 Å². The topological polar surface area (TPSA) is 3.24 Å². The first-order valence-corrected chi connectivity index (χ1v) is 16.2. The van der Waals surface area contributed by atoms with Crippen LogP contribution in [0.5, 0.6) is 0 Å². The third kappa shape index (κ3) is 4.81. The summed E-state index contributed by atoms with van der Waals surface area (Å²) in [6.45, 7) is 0. The zero-order chi connectivity index (χ0) is 31.2. The average Bonchev–Trinajstić information content (AvgIpc) is 3.15. The monoisotopic (exact) mass is 597 g/mol. The summed E-state index contributed by atoms with van der Waals surface area (Å²) in [5, 5.41) is 10.3. The molecule has 0 aliphatic rings. The van der Waals surface area contributed by atoms with E-state index in [1.807, 2.05) is 0 Å². The van der Waals surface area contributed by atoms with Crippen molar-refractivity contribution in [3.05, 3.63) is 188 Å². The number of anilines is 3. The Labute approximate surface area is 274 Å². The van der Waals surface area contributed by atoms with Gasteiger partial charge in [0, 0.05) is 17.1 Å². The van der Waals surface area contributed by atoms with Crippen molar-refractivity contribution in [2.75, 3.05) is 4.90 Å². The first-order chi connectivity index (χ1) is 23.3. The van der Waals surface area contributed by atoms with Gasteiger partial charge in [0.2, 0.25) is 0 Å². The Hall–Kier alpha value is -6.18. The predicted molar refractivity (Wildman–Crippen MR) is 202 cm³/mol. The van der Waals surface area contributed by atoms with Gasteiger partial charge in [-0.2, -0.15) is 0 Å². The number of nitrogens with zero attached hydrogens (tertiary/aromatic N) is 1. The molecule has 9 rings (SSSR count). The minimum absolute atomic E-state index is 1.12. The molecule has 0 heterocycles. The second-order valence-corrected chi connectivity index (χ2v) is 12.2. The zero-order valence-corrected chi connectivity index (χ0v) is 25.8. The molecular formula is C46H31N. The lowest BCUT2D eigenvalue weighted by atomic mass is 9.90. The van der Waals surface area contributed by atoms with Crippen molar-refractivity contribution in [2.45, 2.75) is 0 Å². The summed E-state index contributed by atoms with van der Waals surface area (Å²) in [6.07, 6.45) is 0. The fourth-order valence-corrected chi connectivity index (χ4v) is 7.10. The number of benzene rings is 9. The van der Waals surface area contributed by atoms with Gasteiger partial charge in [-0.05, 0) is 120 Å². The molecule has 0 N–H and O–H groups in total. The Kier molecular flexibility index (Phi) is 6.54. The fourth-order valence-electron chi connectivity index (χ4n) is 7.10. The largest absolute Gasteiger partial charge is 0.310 e. The Morgan fingerprint density at radius 2 is 0.681 bits per heavy atom. The maximum Gasteiger partial charge on any atom is 0.0467 e. The molecule has 9 aromatic rings. The van der Waals surface area contributed by atoms with E-state index in [0.29, 0.717) is 0 Å². The van der Waals surface area contributed by atoms with Crippen molar-refractivity contribution in [2.24, 2.45) is 0 Å². The summed E-state index contributed by atoms with van der Waals surface area (Å²) in [6, 6.07) is 68.2. The van der Waals surface area contributed by atoms with E-state index >= 15 is 0 Å². The van der Waals surface area contributed by atoms with Crippen molar-refractivity contribution in [3.8, 4) is 22.3 Å². The quantitative estimate of drug-likeness (QED) is 0.141. The molecule has 0 aliphatic heterocycles. The van der Waals surface area contributed by atoms with Gasteiger partial charge in [-0.15, -0.1) is 0 Å². The van der Waals surface area contributed by atoms with Crippen LogP contribution in [-0.4, -0.2) is 0 Å². The average molecular weight is 598 g/mol. The van der Waals surface area contributed by atoms with Crippen LogP contribution in [0, 0.1) is 0 Å². The van der Waals surface area contributed by atoms with E-state index < -0.39 is 0 Å². The van der Waals surface area contributed by atoms with Crippen LogP contribution in [0.15, 0.2) is 188 Å². The highest BCUT2D eigenvalue weighted by Crippen LogP contribution is 2.40. The minimum Gasteiger partial charge on any atom is -0.310 e. The zero-order valence-electron chi connectivity index (χ0n) is 25.8. The lowest BCUT2D eigenvalue weighted by molar-refractivity contribution is 1.28. The summed E-state index contributed by atoms with van der Waals surface area (Å²) in [5.41, 5.74) is 8.20. The molecule has 1 heteroatoms. The van der Waals surface area contributed by atoms with Crippen molar-refractivity contribution < 1.29 is 0 Å². The summed E-state index contributed by atoms with van der Waals surface area (Å²) in [4.78, 5) is 2.33. The number of hydrogen-bond donors (Lipinski definition) is 0. The first kappa shape index (κ1) is 27.2. The molecule has 9 aromatic carbocycles. The second-order valence-electron chi connectivity index (χ2n) is 12.2. The highest BCUT2D eigenvalue weighted by atomic mass is 15.1. The lowest BCUT2D eigenvalue weighted by Crippen LogP contribution is -2.09. The van der Waals surface area contributed by atoms with Crippen LogP contribution in [0.4, 0.5) is 17.1 Å². The maximum atomic E-state index is 2.37. The number of para-hydroxylation sites is 1. The van der Waals surface area contributed by atoms with Gasteiger partial charge in [0.1, 0.15) is 0 Å². The molecule has 220 valence electrons. The van der Waals surface area contributed by atoms with Crippen molar-refractivity contribution in [1.29, 1.82) is 0 Å². The molecule has 0 aromatic heterocycles. The van der Waals surface area contributed by atoms with Crippen molar-refractivity contribution >= 4 is 60.2 Å². The molecule has 0 unspecified atom stereocenters. The summed E-state index contributed by atoms with van der Waals surface area (Å²) in [7, 11) is 0. The molecule has 47 heavy (non-hydrogen) atoms. The first-order valence-electron chi connectivity index (χ1n) is 16.2. The molecule has 0 fully saturated rings. The standard InChI is InChI=1S/C46H31N/c1-3-12-32(13-4-1)34-16-11-19-40(28-34)47(38-17-5-2-6-18-38)39-25-22-33(23-26-39)37-24-27-43-44(31-37)41-20-9-10-21-42(41)45-29-35-14-7-8-15-36(35)30-46(43)45/h1-31H. The van der Waals surface area contributed by atoms with E-state index in [0.717, 1.165) is 17.1 Å². The van der Waals surface area contributed by atoms with Crippen LogP contribution in [0.2, 0.25) is 0 Å². The SMILES string of the molecule is c1ccc(-c2cccc(N(c3ccccc3)c3ccc(-c4ccc5c(c4)c4ccccc4c4cc6ccccc6cc54)cc3)c2)cc1. The summed E-state index contributed by atoms with van der Waals surface area (Å²) in [5.74, 6) is 0. The predicted octanol–water partition coefficient (Wildman–Crippen LogP) is 13.1. The van der Waals surface area contributed by atoms with Gasteiger partial charge >= 0.3 is 0 Å². The van der Waals surface area contributed by atoms with E-state index in [-0.39, 0.29) is 0 Å². The molecule has 0 atom stereocenters. The number of fused-ring (bicyclic) bond motifs is 7. The third-order valence-electron chi connectivity index (χ3n) is 9.39. The Morgan fingerprint density at radius 1 is 0.234 bits per heavy atom. The van der Waals surface area contributed by atoms with Crippen molar-refractivity contribution in [3.63, 3.8) is 0 Å². The van der Waals surface area contributed by atoms with Crippen LogP contribution >= 0.6 is 0 Å². The van der Waals surface area contributed by atoms with E-state index in [2.05, 4.69) is 193 Å². The normalized spacial score (nSPS) is 11.4. The highest BCUT2D eigenvalue weighted by molar-refractivity contribution is 6.27. The molecule has 0 bridgehead atoms. The molecule has 0 spiro atoms. The number of rotatable bonds is 5. The molecule has 0 saturated heterocycles. The van der Waals surface area contributed by atoms with Gasteiger partial charge in [0.15, 0.2) is 0 Å². The summed E-state index contributed by atoms with van der Waals surface area (Å²) < 4.78 is 0. The van der Waals surface area contributed by atoms with E-state index in [9.17, 15) is 0 Å². The molecule has 1 nitrogen and oxygen atoms in total. The Bertz CT molecular complexity index is 2550. The smallest absolute Gasteiger partial charge is 0.0467 e. The van der Waals surface area contributed by atoms with E-state index in [4.69, 9.17) is 0 Å². The molecule has 0 amide bonds. The van der Waals surface area contributed by atoms with Gasteiger partial charge in [-0.3, -0.25) is 0 Å². The molecular weight excluding hydrogens is 567 g/mol. The van der Waals surface area contributed by atoms with Gasteiger partial charge in [-0.1, -0.05) is 133 Å². The highest BCUT2D eigenvalue weighted by Gasteiger charge is 2.15. The molecule has 0 saturated carbocycles. The number of hydrogen-bond acceptors (Lipinski definition) is 1. The van der Waals surface area contributed by atoms with Crippen LogP contribution in [0.25, 0.3) is 65.3 Å². The van der Waals surface area contributed by atoms with Crippen LogP contribution in [-0.2, 0) is 0 Å². The van der Waals surface area contributed by atoms with E-state index in [1.165, 1.54) is 65.3 Å². The van der Waals surface area contributed by atoms with Crippen LogP contribution in [0.1, 0.15) is 0 Å². The molecule has 0 aliphatic carbocycles. The minimum atomic E-state index is 1.12. The van der Waals surface area contributed by atoms with Gasteiger partial charge in [-0.25, -0.2) is 0 Å². The van der Waals surface area contributed by atoms with Gasteiger partial charge in [0.05, 0.1) is 0 Å². The fraction of sp³-hybridized carbons (Fsp3) is 0. The Balaban J connectivity index is 1.16.